The maximum absolute atomic E-state index is 5.83. The monoisotopic (exact) mass is 330 g/mol. The summed E-state index contributed by atoms with van der Waals surface area (Å²) in [6.45, 7) is 10.5. The van der Waals surface area contributed by atoms with Gasteiger partial charge >= 0.3 is 0 Å². The molecule has 3 heteroatoms. The average molecular weight is 331 g/mol. The van der Waals surface area contributed by atoms with Gasteiger partial charge in [0.1, 0.15) is 6.10 Å². The van der Waals surface area contributed by atoms with Crippen LogP contribution in [0.15, 0.2) is 0 Å². The van der Waals surface area contributed by atoms with E-state index < -0.39 is 0 Å². The molecule has 0 heterocycles. The van der Waals surface area contributed by atoms with Crippen LogP contribution in [-0.4, -0.2) is 39.1 Å². The summed E-state index contributed by atoms with van der Waals surface area (Å²) >= 11 is 0. The second kappa shape index (κ2) is 19.9. The second-order valence-electron chi connectivity index (χ2n) is 6.47. The zero-order valence-corrected chi connectivity index (χ0v) is 16.1. The Morgan fingerprint density at radius 3 is 1.43 bits per heavy atom. The molecule has 0 fully saturated rings. The number of rotatable bonds is 19. The predicted molar refractivity (Wildman–Crippen MR) is 99.2 cm³/mol. The van der Waals surface area contributed by atoms with Crippen LogP contribution in [0.5, 0.6) is 0 Å². The zero-order valence-electron chi connectivity index (χ0n) is 16.1. The summed E-state index contributed by atoms with van der Waals surface area (Å²) in [5, 5.41) is 0. The molecule has 0 aliphatic carbocycles. The van der Waals surface area contributed by atoms with Crippen LogP contribution in [0.1, 0.15) is 91.4 Å². The van der Waals surface area contributed by atoms with Crippen molar-refractivity contribution in [2.24, 2.45) is 0 Å². The molecule has 0 rings (SSSR count). The third-order valence-electron chi connectivity index (χ3n) is 3.95. The molecule has 0 saturated heterocycles. The van der Waals surface area contributed by atoms with Crippen molar-refractivity contribution >= 4 is 0 Å². The Bertz CT molecular complexity index is 191. The van der Waals surface area contributed by atoms with Crippen LogP contribution in [0.25, 0.3) is 0 Å². The minimum Gasteiger partial charge on any atom is -0.379 e. The van der Waals surface area contributed by atoms with Crippen LogP contribution < -0.4 is 0 Å². The molecule has 0 unspecified atom stereocenters. The first-order valence-electron chi connectivity index (χ1n) is 10.1. The average Bonchev–Trinajstić information content (AvgIpc) is 2.57. The molecule has 0 aromatic rings. The van der Waals surface area contributed by atoms with Gasteiger partial charge in [0, 0.05) is 19.8 Å². The lowest BCUT2D eigenvalue weighted by Crippen LogP contribution is -2.26. The highest BCUT2D eigenvalue weighted by atomic mass is 16.6. The molecule has 0 aliphatic heterocycles. The standard InChI is InChI=1S/C20H42O3/c1-4-7-9-11-13-16-21-18-20(23-15-6-3)19-22-17-14-12-10-8-5-2/h20H,4-19H2,1-3H3. The molecule has 23 heavy (non-hydrogen) atoms. The Hall–Kier alpha value is -0.120. The molecule has 0 aromatic heterocycles. The number of hydrogen-bond acceptors (Lipinski definition) is 3. The molecule has 140 valence electrons. The van der Waals surface area contributed by atoms with Crippen LogP contribution >= 0.6 is 0 Å². The van der Waals surface area contributed by atoms with E-state index in [1.165, 1.54) is 64.2 Å². The molecule has 0 atom stereocenters. The summed E-state index contributed by atoms with van der Waals surface area (Å²) in [6.07, 6.45) is 14.0. The SMILES string of the molecule is CCCCCCCOCC(COCCCCCCC)OCCC. The summed E-state index contributed by atoms with van der Waals surface area (Å²) < 4.78 is 17.4. The molecule has 0 radical (unpaired) electrons. The van der Waals surface area contributed by atoms with Crippen LogP contribution in [0.4, 0.5) is 0 Å². The fraction of sp³-hybridized carbons (Fsp3) is 1.00. The van der Waals surface area contributed by atoms with Crippen molar-refractivity contribution in [3.63, 3.8) is 0 Å². The molecule has 0 aliphatic rings. The van der Waals surface area contributed by atoms with Gasteiger partial charge in [-0.3, -0.25) is 0 Å². The van der Waals surface area contributed by atoms with Crippen molar-refractivity contribution in [2.75, 3.05) is 33.0 Å². The summed E-state index contributed by atoms with van der Waals surface area (Å²) in [4.78, 5) is 0. The Kier molecular flexibility index (Phi) is 19.8. The molecule has 0 N–H and O–H groups in total. The first-order chi connectivity index (χ1) is 11.3. The minimum atomic E-state index is 0.0984. The summed E-state index contributed by atoms with van der Waals surface area (Å²) in [7, 11) is 0. The number of unbranched alkanes of at least 4 members (excludes halogenated alkanes) is 8. The van der Waals surface area contributed by atoms with Crippen molar-refractivity contribution in [2.45, 2.75) is 97.5 Å². The van der Waals surface area contributed by atoms with E-state index in [1.54, 1.807) is 0 Å². The fourth-order valence-corrected chi connectivity index (χ4v) is 2.47. The van der Waals surface area contributed by atoms with Crippen molar-refractivity contribution in [3.8, 4) is 0 Å². The molecule has 0 bridgehead atoms. The fourth-order valence-electron chi connectivity index (χ4n) is 2.47. The maximum atomic E-state index is 5.83. The third kappa shape index (κ3) is 18.1. The molecular formula is C20H42O3. The highest BCUT2D eigenvalue weighted by Gasteiger charge is 2.09. The smallest absolute Gasteiger partial charge is 0.104 e. The van der Waals surface area contributed by atoms with Gasteiger partial charge in [-0.25, -0.2) is 0 Å². The summed E-state index contributed by atoms with van der Waals surface area (Å²) in [5.41, 5.74) is 0. The lowest BCUT2D eigenvalue weighted by Gasteiger charge is -2.18. The number of ether oxygens (including phenoxy) is 3. The first kappa shape index (κ1) is 22.9. The summed E-state index contributed by atoms with van der Waals surface area (Å²) in [5.74, 6) is 0. The molecule has 0 saturated carbocycles. The van der Waals surface area contributed by atoms with Gasteiger partial charge in [0.05, 0.1) is 13.2 Å². The van der Waals surface area contributed by atoms with E-state index in [-0.39, 0.29) is 6.10 Å². The molecule has 3 nitrogen and oxygen atoms in total. The van der Waals surface area contributed by atoms with Crippen LogP contribution in [-0.2, 0) is 14.2 Å². The molecule has 0 spiro atoms. The first-order valence-corrected chi connectivity index (χ1v) is 10.1. The highest BCUT2D eigenvalue weighted by molar-refractivity contribution is 4.56. The summed E-state index contributed by atoms with van der Waals surface area (Å²) in [6, 6.07) is 0. The molecular weight excluding hydrogens is 288 g/mol. The Morgan fingerprint density at radius 1 is 0.522 bits per heavy atom. The second-order valence-corrected chi connectivity index (χ2v) is 6.47. The van der Waals surface area contributed by atoms with Gasteiger partial charge in [-0.2, -0.15) is 0 Å². The van der Waals surface area contributed by atoms with Crippen molar-refractivity contribution < 1.29 is 14.2 Å². The van der Waals surface area contributed by atoms with E-state index in [4.69, 9.17) is 14.2 Å². The Balaban J connectivity index is 3.56. The van der Waals surface area contributed by atoms with Gasteiger partial charge in [0.15, 0.2) is 0 Å². The van der Waals surface area contributed by atoms with Gasteiger partial charge in [-0.15, -0.1) is 0 Å². The van der Waals surface area contributed by atoms with E-state index in [0.29, 0.717) is 13.2 Å². The van der Waals surface area contributed by atoms with Crippen molar-refractivity contribution in [1.82, 2.24) is 0 Å². The predicted octanol–water partition coefficient (Wildman–Crippen LogP) is 5.76. The van der Waals surface area contributed by atoms with Crippen LogP contribution in [0, 0.1) is 0 Å². The highest BCUT2D eigenvalue weighted by Crippen LogP contribution is 2.05. The third-order valence-corrected chi connectivity index (χ3v) is 3.95. The van der Waals surface area contributed by atoms with Gasteiger partial charge in [0.2, 0.25) is 0 Å². The number of hydrogen-bond donors (Lipinski definition) is 0. The Morgan fingerprint density at radius 2 is 1.00 bits per heavy atom. The normalized spacial score (nSPS) is 11.5. The largest absolute Gasteiger partial charge is 0.379 e. The van der Waals surface area contributed by atoms with E-state index in [9.17, 15) is 0 Å². The Labute approximate surface area is 145 Å². The minimum absolute atomic E-state index is 0.0984. The van der Waals surface area contributed by atoms with E-state index >= 15 is 0 Å². The molecule has 0 amide bonds. The van der Waals surface area contributed by atoms with Crippen molar-refractivity contribution in [3.05, 3.63) is 0 Å². The van der Waals surface area contributed by atoms with Gasteiger partial charge in [-0.1, -0.05) is 72.1 Å². The van der Waals surface area contributed by atoms with E-state index in [0.717, 1.165) is 26.2 Å². The lowest BCUT2D eigenvalue weighted by molar-refractivity contribution is -0.0605. The zero-order chi connectivity index (χ0) is 17.0. The van der Waals surface area contributed by atoms with Gasteiger partial charge in [0.25, 0.3) is 0 Å². The van der Waals surface area contributed by atoms with Crippen molar-refractivity contribution in [1.29, 1.82) is 0 Å². The van der Waals surface area contributed by atoms with E-state index in [1.807, 2.05) is 0 Å². The topological polar surface area (TPSA) is 27.7 Å². The van der Waals surface area contributed by atoms with Crippen LogP contribution in [0.3, 0.4) is 0 Å². The van der Waals surface area contributed by atoms with Gasteiger partial charge in [-0.05, 0) is 19.3 Å². The quantitative estimate of drug-likeness (QED) is 0.282. The molecule has 0 aromatic carbocycles. The van der Waals surface area contributed by atoms with Gasteiger partial charge < -0.3 is 14.2 Å². The maximum Gasteiger partial charge on any atom is 0.104 e. The van der Waals surface area contributed by atoms with Crippen LogP contribution in [0.2, 0.25) is 0 Å². The van der Waals surface area contributed by atoms with E-state index in [2.05, 4.69) is 20.8 Å². The lowest BCUT2D eigenvalue weighted by atomic mass is 10.2.